The Bertz CT molecular complexity index is 1060. The van der Waals surface area contributed by atoms with E-state index in [-0.39, 0.29) is 22.8 Å². The van der Waals surface area contributed by atoms with Gasteiger partial charge in [0.1, 0.15) is 23.0 Å². The van der Waals surface area contributed by atoms with Crippen molar-refractivity contribution in [3.8, 4) is 28.6 Å². The Labute approximate surface area is 167 Å². The van der Waals surface area contributed by atoms with Gasteiger partial charge in [0.05, 0.1) is 5.75 Å². The van der Waals surface area contributed by atoms with Crippen LogP contribution in [0.15, 0.2) is 77.1 Å². The van der Waals surface area contributed by atoms with Crippen LogP contribution < -0.4 is 5.73 Å². The highest BCUT2D eigenvalue weighted by molar-refractivity contribution is 7.99. The minimum absolute atomic E-state index is 0.0119. The number of nitriles is 1. The monoisotopic (exact) mass is 387 g/mol. The van der Waals surface area contributed by atoms with Crippen molar-refractivity contribution in [3.05, 3.63) is 71.9 Å². The molecule has 0 saturated heterocycles. The fourth-order valence-electron chi connectivity index (χ4n) is 2.53. The van der Waals surface area contributed by atoms with E-state index in [4.69, 9.17) is 11.0 Å². The summed E-state index contributed by atoms with van der Waals surface area (Å²) in [6.07, 6.45) is 0. The van der Waals surface area contributed by atoms with E-state index in [9.17, 15) is 4.79 Å². The van der Waals surface area contributed by atoms with Gasteiger partial charge in [0.2, 0.25) is 5.16 Å². The summed E-state index contributed by atoms with van der Waals surface area (Å²) in [6.45, 7) is 1.53. The van der Waals surface area contributed by atoms with Crippen molar-refractivity contribution < 1.29 is 4.79 Å². The summed E-state index contributed by atoms with van der Waals surface area (Å²) in [5.74, 6) is -0.345. The van der Waals surface area contributed by atoms with Crippen molar-refractivity contribution >= 4 is 17.5 Å². The number of benzene rings is 2. The van der Waals surface area contributed by atoms with Crippen LogP contribution in [0.4, 0.5) is 0 Å². The largest absolute Gasteiger partial charge is 0.401 e. The van der Waals surface area contributed by atoms with Crippen LogP contribution in [0.25, 0.3) is 22.5 Å². The number of allylic oxidation sites excluding steroid dienone is 2. The minimum atomic E-state index is -0.357. The molecule has 0 aliphatic carbocycles. The van der Waals surface area contributed by atoms with E-state index in [0.717, 1.165) is 22.9 Å². The number of rotatable bonds is 6. The average molecular weight is 387 g/mol. The summed E-state index contributed by atoms with van der Waals surface area (Å²) in [5, 5.41) is 17.9. The fourth-order valence-corrected chi connectivity index (χ4v) is 3.19. The fraction of sp³-hybridized carbons (Fsp3) is 0.0952. The molecule has 1 aromatic heterocycles. The lowest BCUT2D eigenvalue weighted by Gasteiger charge is -2.09. The van der Waals surface area contributed by atoms with Crippen molar-refractivity contribution in [2.24, 2.45) is 5.73 Å². The number of nitrogens with two attached hydrogens (primary N) is 1. The molecule has 0 bridgehead atoms. The van der Waals surface area contributed by atoms with E-state index in [1.165, 1.54) is 6.92 Å². The van der Waals surface area contributed by atoms with E-state index in [1.807, 2.05) is 66.7 Å². The summed E-state index contributed by atoms with van der Waals surface area (Å²) in [4.78, 5) is 16.8. The van der Waals surface area contributed by atoms with Gasteiger partial charge in [0.25, 0.3) is 0 Å². The lowest BCUT2D eigenvalue weighted by atomic mass is 10.0. The second kappa shape index (κ2) is 8.93. The quantitative estimate of drug-likeness (QED) is 0.391. The van der Waals surface area contributed by atoms with Crippen molar-refractivity contribution in [1.82, 2.24) is 15.2 Å². The zero-order valence-electron chi connectivity index (χ0n) is 15.2. The Morgan fingerprint density at radius 2 is 1.57 bits per heavy atom. The molecule has 0 amide bonds. The van der Waals surface area contributed by atoms with E-state index in [2.05, 4.69) is 15.2 Å². The average Bonchev–Trinajstić information content (AvgIpc) is 2.73. The van der Waals surface area contributed by atoms with Gasteiger partial charge in [0.15, 0.2) is 5.78 Å². The van der Waals surface area contributed by atoms with Gasteiger partial charge in [-0.15, -0.1) is 10.2 Å². The van der Waals surface area contributed by atoms with Crippen molar-refractivity contribution in [1.29, 1.82) is 5.26 Å². The summed E-state index contributed by atoms with van der Waals surface area (Å²) < 4.78 is 0. The standard InChI is InChI=1S/C21H17N5OS/c1-14(23)17(12-22)18(27)13-28-21-24-19(15-8-4-2-5-9-15)20(25-26-21)16-10-6-3-7-11-16/h2-11H,13,23H2,1H3/b17-14-. The maximum Gasteiger partial charge on any atom is 0.210 e. The van der Waals surface area contributed by atoms with Gasteiger partial charge in [-0.25, -0.2) is 4.98 Å². The molecule has 0 spiro atoms. The van der Waals surface area contributed by atoms with Crippen LogP contribution in [-0.2, 0) is 4.79 Å². The van der Waals surface area contributed by atoms with Gasteiger partial charge in [-0.1, -0.05) is 72.4 Å². The maximum atomic E-state index is 12.2. The highest BCUT2D eigenvalue weighted by Gasteiger charge is 2.16. The number of aromatic nitrogens is 3. The topological polar surface area (TPSA) is 106 Å². The number of Topliss-reactive ketones (excluding diaryl/α,β-unsaturated/α-hetero) is 1. The molecule has 2 aromatic carbocycles. The van der Waals surface area contributed by atoms with E-state index >= 15 is 0 Å². The molecule has 138 valence electrons. The normalized spacial score (nSPS) is 11.4. The lowest BCUT2D eigenvalue weighted by molar-refractivity contribution is -0.112. The summed E-state index contributed by atoms with van der Waals surface area (Å²) in [7, 11) is 0. The molecule has 0 unspecified atom stereocenters. The van der Waals surface area contributed by atoms with E-state index in [1.54, 1.807) is 0 Å². The third-order valence-electron chi connectivity index (χ3n) is 3.88. The van der Waals surface area contributed by atoms with E-state index in [0.29, 0.717) is 16.5 Å². The molecule has 0 aliphatic rings. The molecular weight excluding hydrogens is 370 g/mol. The molecule has 0 radical (unpaired) electrons. The number of nitrogens with zero attached hydrogens (tertiary/aromatic N) is 4. The van der Waals surface area contributed by atoms with Crippen LogP contribution in [0.3, 0.4) is 0 Å². The second-order valence-electron chi connectivity index (χ2n) is 5.91. The molecule has 2 N–H and O–H groups in total. The number of hydrogen-bond acceptors (Lipinski definition) is 7. The Kier molecular flexibility index (Phi) is 6.14. The molecule has 0 saturated carbocycles. The number of hydrogen-bond donors (Lipinski definition) is 1. The van der Waals surface area contributed by atoms with Crippen molar-refractivity contribution in [3.63, 3.8) is 0 Å². The first-order valence-electron chi connectivity index (χ1n) is 8.48. The van der Waals surface area contributed by atoms with Gasteiger partial charge in [-0.05, 0) is 6.92 Å². The van der Waals surface area contributed by atoms with Crippen LogP contribution in [0.5, 0.6) is 0 Å². The van der Waals surface area contributed by atoms with Gasteiger partial charge in [0, 0.05) is 16.8 Å². The Balaban J connectivity index is 1.94. The third-order valence-corrected chi connectivity index (χ3v) is 4.72. The van der Waals surface area contributed by atoms with Crippen molar-refractivity contribution in [2.75, 3.05) is 5.75 Å². The summed E-state index contributed by atoms with van der Waals surface area (Å²) in [6, 6.07) is 21.2. The number of thioether (sulfide) groups is 1. The van der Waals surface area contributed by atoms with Crippen LogP contribution in [0.1, 0.15) is 6.92 Å². The van der Waals surface area contributed by atoms with Crippen LogP contribution in [0.2, 0.25) is 0 Å². The van der Waals surface area contributed by atoms with Crippen LogP contribution >= 0.6 is 11.8 Å². The Morgan fingerprint density at radius 1 is 1.00 bits per heavy atom. The molecule has 28 heavy (non-hydrogen) atoms. The Morgan fingerprint density at radius 3 is 2.11 bits per heavy atom. The predicted octanol–water partition coefficient (Wildman–Crippen LogP) is 3.62. The molecular formula is C21H17N5OS. The first-order valence-corrected chi connectivity index (χ1v) is 9.46. The highest BCUT2D eigenvalue weighted by atomic mass is 32.2. The van der Waals surface area contributed by atoms with Crippen LogP contribution in [-0.4, -0.2) is 26.7 Å². The number of ketones is 1. The molecule has 0 atom stereocenters. The first-order chi connectivity index (χ1) is 13.6. The molecule has 6 nitrogen and oxygen atoms in total. The molecule has 0 aliphatic heterocycles. The van der Waals surface area contributed by atoms with Gasteiger partial charge < -0.3 is 5.73 Å². The first kappa shape index (κ1) is 19.3. The third kappa shape index (κ3) is 4.42. The van der Waals surface area contributed by atoms with Crippen molar-refractivity contribution in [2.45, 2.75) is 12.1 Å². The van der Waals surface area contributed by atoms with Crippen LogP contribution in [0, 0.1) is 11.3 Å². The molecule has 1 heterocycles. The number of carbonyl (C=O) groups is 1. The molecule has 0 fully saturated rings. The maximum absolute atomic E-state index is 12.2. The van der Waals surface area contributed by atoms with E-state index < -0.39 is 0 Å². The Hall–Kier alpha value is -3.50. The second-order valence-corrected chi connectivity index (χ2v) is 6.85. The molecule has 7 heteroatoms. The summed E-state index contributed by atoms with van der Waals surface area (Å²) in [5.41, 5.74) is 8.91. The zero-order valence-corrected chi connectivity index (χ0v) is 16.0. The molecule has 3 rings (SSSR count). The predicted molar refractivity (Wildman–Crippen MR) is 109 cm³/mol. The summed E-state index contributed by atoms with van der Waals surface area (Å²) >= 11 is 1.13. The highest BCUT2D eigenvalue weighted by Crippen LogP contribution is 2.29. The SMILES string of the molecule is C/C(N)=C(\C#N)C(=O)CSc1nnc(-c2ccccc2)c(-c2ccccc2)n1. The number of carbonyl (C=O) groups excluding carboxylic acids is 1. The van der Waals surface area contributed by atoms with Gasteiger partial charge in [-0.2, -0.15) is 5.26 Å². The van der Waals surface area contributed by atoms with Gasteiger partial charge >= 0.3 is 0 Å². The minimum Gasteiger partial charge on any atom is -0.401 e. The lowest BCUT2D eigenvalue weighted by Crippen LogP contribution is -2.10. The smallest absolute Gasteiger partial charge is 0.210 e. The van der Waals surface area contributed by atoms with Gasteiger partial charge in [-0.3, -0.25) is 4.79 Å². The molecule has 3 aromatic rings. The zero-order chi connectivity index (χ0) is 19.9.